The standard InChI is InChI=1S/C16H17Cl/c1-13(15-5-3-2-4-6-15)7-8-14-9-11-16(17)12-10-14/h2-6,9-13H,7-8H2,1H3. The minimum Gasteiger partial charge on any atom is -0.0843 e. The molecule has 0 aliphatic rings. The van der Waals surface area contributed by atoms with Crippen molar-refractivity contribution >= 4 is 11.6 Å². The summed E-state index contributed by atoms with van der Waals surface area (Å²) >= 11 is 5.87. The fraction of sp³-hybridized carbons (Fsp3) is 0.250. The lowest BCUT2D eigenvalue weighted by atomic mass is 9.94. The average Bonchev–Trinajstić information content (AvgIpc) is 2.39. The molecule has 2 aromatic rings. The van der Waals surface area contributed by atoms with Gasteiger partial charge in [-0.15, -0.1) is 0 Å². The summed E-state index contributed by atoms with van der Waals surface area (Å²) in [4.78, 5) is 0. The van der Waals surface area contributed by atoms with Crippen LogP contribution in [-0.4, -0.2) is 0 Å². The topological polar surface area (TPSA) is 0 Å². The molecule has 17 heavy (non-hydrogen) atoms. The molecule has 0 aliphatic heterocycles. The SMILES string of the molecule is CC(CCc1ccc(Cl)cc1)c1ccccc1. The molecule has 0 aliphatic carbocycles. The van der Waals surface area contributed by atoms with E-state index in [0.717, 1.165) is 11.4 Å². The molecule has 2 aromatic carbocycles. The molecule has 0 aromatic heterocycles. The molecule has 88 valence electrons. The van der Waals surface area contributed by atoms with Gasteiger partial charge in [-0.2, -0.15) is 0 Å². The van der Waals surface area contributed by atoms with Gasteiger partial charge < -0.3 is 0 Å². The highest BCUT2D eigenvalue weighted by atomic mass is 35.5. The summed E-state index contributed by atoms with van der Waals surface area (Å²) in [6.45, 7) is 2.28. The van der Waals surface area contributed by atoms with E-state index in [9.17, 15) is 0 Å². The summed E-state index contributed by atoms with van der Waals surface area (Å²) in [6, 6.07) is 18.8. The van der Waals surface area contributed by atoms with Crippen LogP contribution in [0.4, 0.5) is 0 Å². The monoisotopic (exact) mass is 244 g/mol. The van der Waals surface area contributed by atoms with Crippen LogP contribution in [-0.2, 0) is 6.42 Å². The third kappa shape index (κ3) is 3.61. The van der Waals surface area contributed by atoms with Crippen LogP contribution in [0.2, 0.25) is 5.02 Å². The van der Waals surface area contributed by atoms with Crippen LogP contribution in [0.5, 0.6) is 0 Å². The van der Waals surface area contributed by atoms with E-state index in [1.807, 2.05) is 12.1 Å². The third-order valence-corrected chi connectivity index (χ3v) is 3.40. The van der Waals surface area contributed by atoms with Gasteiger partial charge in [0.05, 0.1) is 0 Å². The normalized spacial score (nSPS) is 12.4. The van der Waals surface area contributed by atoms with Crippen molar-refractivity contribution in [1.82, 2.24) is 0 Å². The Bertz CT molecular complexity index is 445. The number of hydrogen-bond acceptors (Lipinski definition) is 0. The molecule has 0 heterocycles. The van der Waals surface area contributed by atoms with Crippen LogP contribution in [0.3, 0.4) is 0 Å². The largest absolute Gasteiger partial charge is 0.0843 e. The van der Waals surface area contributed by atoms with Gasteiger partial charge in [-0.3, -0.25) is 0 Å². The Morgan fingerprint density at radius 3 is 2.24 bits per heavy atom. The molecule has 1 heteroatoms. The van der Waals surface area contributed by atoms with Gasteiger partial charge in [-0.25, -0.2) is 0 Å². The summed E-state index contributed by atoms with van der Waals surface area (Å²) in [6.07, 6.45) is 2.28. The molecule has 0 amide bonds. The molecular weight excluding hydrogens is 228 g/mol. The van der Waals surface area contributed by atoms with Gasteiger partial charge in [0, 0.05) is 5.02 Å². The minimum atomic E-state index is 0.604. The van der Waals surface area contributed by atoms with E-state index in [-0.39, 0.29) is 0 Å². The summed E-state index contributed by atoms with van der Waals surface area (Å²) in [5.41, 5.74) is 2.78. The first-order valence-corrected chi connectivity index (χ1v) is 6.43. The Labute approximate surface area is 108 Å². The van der Waals surface area contributed by atoms with Crippen LogP contribution in [0, 0.1) is 0 Å². The maximum Gasteiger partial charge on any atom is 0.0406 e. The molecule has 0 saturated carbocycles. The Balaban J connectivity index is 1.92. The molecule has 0 spiro atoms. The van der Waals surface area contributed by atoms with Crippen molar-refractivity contribution in [1.29, 1.82) is 0 Å². The zero-order valence-corrected chi connectivity index (χ0v) is 10.8. The Hall–Kier alpha value is -1.27. The van der Waals surface area contributed by atoms with Crippen molar-refractivity contribution in [2.45, 2.75) is 25.7 Å². The Morgan fingerprint density at radius 2 is 1.59 bits per heavy atom. The van der Waals surface area contributed by atoms with Gasteiger partial charge in [0.2, 0.25) is 0 Å². The molecule has 0 N–H and O–H groups in total. The highest BCUT2D eigenvalue weighted by molar-refractivity contribution is 6.30. The number of hydrogen-bond donors (Lipinski definition) is 0. The van der Waals surface area contributed by atoms with E-state index in [0.29, 0.717) is 5.92 Å². The van der Waals surface area contributed by atoms with E-state index < -0.39 is 0 Å². The Morgan fingerprint density at radius 1 is 0.941 bits per heavy atom. The molecule has 0 radical (unpaired) electrons. The van der Waals surface area contributed by atoms with Gasteiger partial charge >= 0.3 is 0 Å². The van der Waals surface area contributed by atoms with Gasteiger partial charge in [0.15, 0.2) is 0 Å². The average molecular weight is 245 g/mol. The summed E-state index contributed by atoms with van der Waals surface area (Å²) in [5, 5.41) is 0.810. The number of benzene rings is 2. The van der Waals surface area contributed by atoms with Gasteiger partial charge in [-0.1, -0.05) is 61.0 Å². The lowest BCUT2D eigenvalue weighted by molar-refractivity contribution is 0.679. The first-order valence-electron chi connectivity index (χ1n) is 6.05. The van der Waals surface area contributed by atoms with Crippen molar-refractivity contribution in [2.24, 2.45) is 0 Å². The second kappa shape index (κ2) is 5.88. The quantitative estimate of drug-likeness (QED) is 0.704. The Kier molecular flexibility index (Phi) is 4.22. The molecule has 0 saturated heterocycles. The predicted octanol–water partition coefficient (Wildman–Crippen LogP) is 5.08. The zero-order valence-electron chi connectivity index (χ0n) is 10.1. The lowest BCUT2D eigenvalue weighted by Crippen LogP contribution is -1.96. The molecule has 0 bridgehead atoms. The van der Waals surface area contributed by atoms with Crippen molar-refractivity contribution in [3.8, 4) is 0 Å². The van der Waals surface area contributed by atoms with E-state index in [4.69, 9.17) is 11.6 Å². The van der Waals surface area contributed by atoms with Crippen LogP contribution < -0.4 is 0 Å². The number of rotatable bonds is 4. The molecule has 1 atom stereocenters. The van der Waals surface area contributed by atoms with Crippen LogP contribution in [0.1, 0.15) is 30.4 Å². The highest BCUT2D eigenvalue weighted by Crippen LogP contribution is 2.21. The molecule has 2 rings (SSSR count). The van der Waals surface area contributed by atoms with Gasteiger partial charge in [0.25, 0.3) is 0 Å². The number of halogens is 1. The second-order valence-electron chi connectivity index (χ2n) is 4.48. The lowest BCUT2D eigenvalue weighted by Gasteiger charge is -2.11. The molecule has 1 unspecified atom stereocenters. The third-order valence-electron chi connectivity index (χ3n) is 3.15. The van der Waals surface area contributed by atoms with Crippen LogP contribution >= 0.6 is 11.6 Å². The first kappa shape index (κ1) is 12.2. The smallest absolute Gasteiger partial charge is 0.0406 e. The second-order valence-corrected chi connectivity index (χ2v) is 4.91. The van der Waals surface area contributed by atoms with E-state index in [2.05, 4.69) is 49.4 Å². The predicted molar refractivity (Wildman–Crippen MR) is 74.6 cm³/mol. The summed E-state index contributed by atoms with van der Waals surface area (Å²) in [5.74, 6) is 0.604. The maximum atomic E-state index is 5.87. The summed E-state index contributed by atoms with van der Waals surface area (Å²) in [7, 11) is 0. The van der Waals surface area contributed by atoms with Crippen molar-refractivity contribution in [3.63, 3.8) is 0 Å². The fourth-order valence-corrected chi connectivity index (χ4v) is 2.11. The molecule has 0 nitrogen and oxygen atoms in total. The molecular formula is C16H17Cl. The highest BCUT2D eigenvalue weighted by Gasteiger charge is 2.04. The zero-order chi connectivity index (χ0) is 12.1. The minimum absolute atomic E-state index is 0.604. The first-order chi connectivity index (χ1) is 8.25. The van der Waals surface area contributed by atoms with Gasteiger partial charge in [-0.05, 0) is 42.0 Å². The van der Waals surface area contributed by atoms with Gasteiger partial charge in [0.1, 0.15) is 0 Å². The number of aryl methyl sites for hydroxylation is 1. The fourth-order valence-electron chi connectivity index (χ4n) is 1.98. The van der Waals surface area contributed by atoms with E-state index in [1.54, 1.807) is 0 Å². The van der Waals surface area contributed by atoms with Crippen LogP contribution in [0.15, 0.2) is 54.6 Å². The van der Waals surface area contributed by atoms with Crippen molar-refractivity contribution in [2.75, 3.05) is 0 Å². The van der Waals surface area contributed by atoms with Crippen molar-refractivity contribution < 1.29 is 0 Å². The van der Waals surface area contributed by atoms with E-state index in [1.165, 1.54) is 17.5 Å². The maximum absolute atomic E-state index is 5.87. The van der Waals surface area contributed by atoms with E-state index >= 15 is 0 Å². The molecule has 0 fully saturated rings. The van der Waals surface area contributed by atoms with Crippen molar-refractivity contribution in [3.05, 3.63) is 70.7 Å². The summed E-state index contributed by atoms with van der Waals surface area (Å²) < 4.78 is 0. The van der Waals surface area contributed by atoms with Crippen LogP contribution in [0.25, 0.3) is 0 Å².